The Labute approximate surface area is 624 Å². The molecule has 9 rings (SSSR count). The number of nitrogens with two attached hydrogens (primary N) is 2. The zero-order valence-electron chi connectivity index (χ0n) is 62.1. The number of aromatic nitrogens is 2. The number of fused-ring (bicyclic) bond motifs is 4. The maximum absolute atomic E-state index is 14.1. The van der Waals surface area contributed by atoms with E-state index >= 15 is 0 Å². The lowest BCUT2D eigenvalue weighted by Crippen LogP contribution is -2.26. The van der Waals surface area contributed by atoms with Crippen molar-refractivity contribution in [2.75, 3.05) is 47.4 Å². The number of ether oxygens (including phenoxy) is 1. The van der Waals surface area contributed by atoms with Gasteiger partial charge >= 0.3 is 11.9 Å². The van der Waals surface area contributed by atoms with E-state index in [-0.39, 0.29) is 33.1 Å². The molecule has 102 heavy (non-hydrogen) atoms. The van der Waals surface area contributed by atoms with Crippen LogP contribution in [0.3, 0.4) is 0 Å². The fraction of sp³-hybridized carbons (Fsp3) is 0.571. The van der Waals surface area contributed by atoms with Crippen molar-refractivity contribution in [3.63, 3.8) is 0 Å². The molecule has 4 N–H and O–H groups in total. The number of benzene rings is 6. The molecule has 0 atom stereocenters. The van der Waals surface area contributed by atoms with Gasteiger partial charge in [-0.15, -0.1) is 0 Å². The van der Waals surface area contributed by atoms with Crippen molar-refractivity contribution in [3.05, 3.63) is 136 Å². The van der Waals surface area contributed by atoms with Crippen molar-refractivity contribution in [1.29, 1.82) is 0 Å². The van der Waals surface area contributed by atoms with Gasteiger partial charge in [-0.1, -0.05) is 321 Å². The molecule has 16 nitrogen and oxygen atoms in total. The molecular formula is C84H118Br2N8O8. The molecule has 8 aromatic rings. The standard InChI is InChI=1S/C42H57BrN4O3.C30H56N4O2.C12H5BrO3/c1-3-5-7-9-11-13-15-17-19-21-28-45(29-22-20-18-16-14-12-10-8-6-4-2)32-30-37-40(38(31-32)47(49)50)44-41-34-25-23-24-33-36(43)27-26-35(39(33)34)42(48)46(37)41;1-3-5-7-9-11-13-15-17-19-21-23-33(24-22-20-18-16-14-12-10-8-6-4-2)27-25-28(31)30(32)29(26-27)34(35)36;13-9-5-4-8-10-6(9)2-1-3-7(10)11(14)16-12(8)15/h23-27,30-31H,3-22,28-29H2,1-2H3;25-26H,3-24,31-32H2,1-2H3;1-5H. The number of nitro benzene ring substituents is 2. The fourth-order valence-corrected chi connectivity index (χ4v) is 15.4. The average Bonchev–Trinajstić information content (AvgIpc) is 1.51. The number of imidazole rings is 1. The molecule has 0 bridgehead atoms. The first kappa shape index (κ1) is 82.4. The van der Waals surface area contributed by atoms with E-state index in [1.54, 1.807) is 40.8 Å². The van der Waals surface area contributed by atoms with Crippen molar-refractivity contribution >= 4 is 127 Å². The largest absolute Gasteiger partial charge is 0.397 e. The molecule has 0 fully saturated rings. The van der Waals surface area contributed by atoms with Crippen molar-refractivity contribution in [2.24, 2.45) is 0 Å². The number of anilines is 4. The van der Waals surface area contributed by atoms with Gasteiger partial charge in [-0.3, -0.25) is 29.4 Å². The lowest BCUT2D eigenvalue weighted by Gasteiger charge is -2.25. The predicted molar refractivity (Wildman–Crippen MR) is 435 cm³/mol. The molecule has 0 radical (unpaired) electrons. The first-order valence-corrected chi connectivity index (χ1v) is 41.0. The summed E-state index contributed by atoms with van der Waals surface area (Å²) < 4.78 is 8.02. The number of nitrogens with zero attached hydrogens (tertiary/aromatic N) is 6. The summed E-state index contributed by atoms with van der Waals surface area (Å²) in [5, 5.41) is 28.7. The highest BCUT2D eigenvalue weighted by molar-refractivity contribution is 9.11. The third-order valence-electron chi connectivity index (χ3n) is 20.4. The van der Waals surface area contributed by atoms with Crippen LogP contribution < -0.4 is 26.8 Å². The van der Waals surface area contributed by atoms with Crippen molar-refractivity contribution in [1.82, 2.24) is 9.38 Å². The van der Waals surface area contributed by atoms with Crippen LogP contribution in [-0.2, 0) is 4.74 Å². The Morgan fingerprint density at radius 3 is 1.20 bits per heavy atom. The molecule has 2 aromatic heterocycles. The van der Waals surface area contributed by atoms with Crippen molar-refractivity contribution < 1.29 is 24.2 Å². The second-order valence-corrected chi connectivity index (χ2v) is 30.1. The predicted octanol–water partition coefficient (Wildman–Crippen LogP) is 25.2. The number of non-ortho nitro benzene ring substituents is 1. The molecule has 0 saturated carbocycles. The Bertz CT molecular complexity index is 3900. The van der Waals surface area contributed by atoms with Gasteiger partial charge in [-0.25, -0.2) is 14.6 Å². The number of carbonyl (C=O) groups excluding carboxylic acids is 2. The van der Waals surface area contributed by atoms with Gasteiger partial charge in [0.2, 0.25) is 0 Å². The average molecular weight is 1530 g/mol. The van der Waals surface area contributed by atoms with Gasteiger partial charge in [0, 0.05) is 80.2 Å². The van der Waals surface area contributed by atoms with Crippen molar-refractivity contribution in [3.8, 4) is 0 Å². The van der Waals surface area contributed by atoms with E-state index in [4.69, 9.17) is 16.5 Å². The third kappa shape index (κ3) is 24.6. The van der Waals surface area contributed by atoms with E-state index in [1.807, 2.05) is 48.5 Å². The van der Waals surface area contributed by atoms with E-state index in [9.17, 15) is 34.6 Å². The Hall–Kier alpha value is -6.92. The topological polar surface area (TPSA) is 223 Å². The van der Waals surface area contributed by atoms with E-state index in [0.29, 0.717) is 38.8 Å². The highest BCUT2D eigenvalue weighted by Gasteiger charge is 2.29. The van der Waals surface area contributed by atoms with Crippen LogP contribution in [0.4, 0.5) is 34.1 Å². The number of nitro groups is 2. The van der Waals surface area contributed by atoms with E-state index in [1.165, 1.54) is 218 Å². The van der Waals surface area contributed by atoms with Crippen LogP contribution in [0.1, 0.15) is 305 Å². The number of esters is 2. The molecule has 0 saturated heterocycles. The van der Waals surface area contributed by atoms with Crippen molar-refractivity contribution in [2.45, 2.75) is 285 Å². The third-order valence-corrected chi connectivity index (χ3v) is 21.8. The fourth-order valence-electron chi connectivity index (χ4n) is 14.5. The van der Waals surface area contributed by atoms with Crippen LogP contribution in [-0.4, -0.2) is 57.3 Å². The molecule has 1 aliphatic heterocycles. The molecule has 3 heterocycles. The van der Waals surface area contributed by atoms with Gasteiger partial charge in [-0.05, 0) is 78.9 Å². The number of halogens is 2. The Morgan fingerprint density at radius 1 is 0.422 bits per heavy atom. The molecule has 1 aliphatic rings. The monoisotopic (exact) mass is 1520 g/mol. The second kappa shape index (κ2) is 45.3. The highest BCUT2D eigenvalue weighted by atomic mass is 79.9. The first-order chi connectivity index (χ1) is 49.6. The second-order valence-electron chi connectivity index (χ2n) is 28.4. The number of pyridine rings is 1. The number of unbranched alkanes of at least 4 members (excludes halogenated alkanes) is 36. The maximum Gasteiger partial charge on any atom is 0.346 e. The normalized spacial score (nSPS) is 12.0. The van der Waals surface area contributed by atoms with Crippen LogP contribution in [0.15, 0.2) is 98.7 Å². The Kier molecular flexibility index (Phi) is 36.6. The highest BCUT2D eigenvalue weighted by Crippen LogP contribution is 2.39. The van der Waals surface area contributed by atoms with Crippen LogP contribution in [0, 0.1) is 20.2 Å². The minimum absolute atomic E-state index is 0.0410. The SMILES string of the molecule is CCCCCCCCCCCCN(CCCCCCCCCCCC)c1cc(N)c(N)c([N+](=O)[O-])c1.CCCCCCCCCCCCN(CCCCCCCCCCCC)c1cc([N+](=O)[O-])c2nc3c4cccc5c(Br)ccc(c(=O)n3c2c1)c54.O=C1OC(=O)c2ccc(Br)c3cccc1c23. The molecule has 6 aromatic carbocycles. The van der Waals surface area contributed by atoms with Gasteiger partial charge in [0.1, 0.15) is 11.3 Å². The summed E-state index contributed by atoms with van der Waals surface area (Å²) in [6.45, 7) is 12.6. The summed E-state index contributed by atoms with van der Waals surface area (Å²) in [6, 6.07) is 25.5. The molecule has 0 spiro atoms. The molecule has 0 unspecified atom stereocenters. The van der Waals surface area contributed by atoms with Crippen LogP contribution >= 0.6 is 31.9 Å². The number of cyclic esters (lactones) is 2. The number of carbonyl (C=O) groups is 2. The minimum Gasteiger partial charge on any atom is -0.397 e. The first-order valence-electron chi connectivity index (χ1n) is 39.4. The van der Waals surface area contributed by atoms with Crippen LogP contribution in [0.25, 0.3) is 49.0 Å². The van der Waals surface area contributed by atoms with Crippen LogP contribution in [0.2, 0.25) is 0 Å². The van der Waals surface area contributed by atoms with Gasteiger partial charge in [-0.2, -0.15) is 0 Å². The number of rotatable bonds is 48. The lowest BCUT2D eigenvalue weighted by atomic mass is 9.97. The molecule has 0 amide bonds. The maximum atomic E-state index is 14.1. The molecule has 0 aliphatic carbocycles. The summed E-state index contributed by atoms with van der Waals surface area (Å²) >= 11 is 7.03. The summed E-state index contributed by atoms with van der Waals surface area (Å²) in [5.41, 5.74) is 15.8. The van der Waals surface area contributed by atoms with Gasteiger partial charge in [0.25, 0.3) is 16.9 Å². The summed E-state index contributed by atoms with van der Waals surface area (Å²) in [7, 11) is 0. The molecular weight excluding hydrogens is 1410 g/mol. The molecule has 556 valence electrons. The minimum atomic E-state index is -0.582. The molecule has 18 heteroatoms. The zero-order valence-corrected chi connectivity index (χ0v) is 65.2. The van der Waals surface area contributed by atoms with Gasteiger partial charge in [0.05, 0.1) is 32.2 Å². The smallest absolute Gasteiger partial charge is 0.346 e. The number of hydrogen-bond donors (Lipinski definition) is 2. The lowest BCUT2D eigenvalue weighted by molar-refractivity contribution is -0.383. The Morgan fingerprint density at radius 2 is 0.775 bits per heavy atom. The summed E-state index contributed by atoms with van der Waals surface area (Å²) in [4.78, 5) is 69.9. The van der Waals surface area contributed by atoms with E-state index in [2.05, 4.69) is 74.1 Å². The number of nitrogen functional groups attached to an aromatic ring is 2. The van der Waals surface area contributed by atoms with E-state index < -0.39 is 16.9 Å². The van der Waals surface area contributed by atoms with Gasteiger partial charge in [0.15, 0.2) is 5.52 Å². The summed E-state index contributed by atoms with van der Waals surface area (Å²) in [5.74, 6) is -1.16. The van der Waals surface area contributed by atoms with Gasteiger partial charge < -0.3 is 26.0 Å². The number of hydrogen-bond acceptors (Lipinski definition) is 13. The summed E-state index contributed by atoms with van der Waals surface area (Å²) in [6.07, 6.45) is 51.4. The Balaban J connectivity index is 0.000000242. The zero-order chi connectivity index (χ0) is 73.0. The van der Waals surface area contributed by atoms with Crippen LogP contribution in [0.5, 0.6) is 0 Å². The van der Waals surface area contributed by atoms with E-state index in [0.717, 1.165) is 107 Å². The quantitative estimate of drug-likeness (QED) is 0.00905.